The lowest BCUT2D eigenvalue weighted by atomic mass is 10.1. The lowest BCUT2D eigenvalue weighted by Crippen LogP contribution is -2.24. The first kappa shape index (κ1) is 55.6. The molecule has 5 atom stereocenters. The Labute approximate surface area is 380 Å². The Bertz CT molecular complexity index is 1830. The third-order valence-corrected chi connectivity index (χ3v) is 9.10. The maximum atomic E-state index is 9.00. The van der Waals surface area contributed by atoms with Crippen LogP contribution in [0.4, 0.5) is 0 Å². The highest BCUT2D eigenvalue weighted by molar-refractivity contribution is 5.30. The van der Waals surface area contributed by atoms with Gasteiger partial charge in [-0.25, -0.2) is 0 Å². The summed E-state index contributed by atoms with van der Waals surface area (Å²) in [7, 11) is 0. The summed E-state index contributed by atoms with van der Waals surface area (Å²) in [6.07, 6.45) is 2.62. The van der Waals surface area contributed by atoms with Crippen molar-refractivity contribution in [3.05, 3.63) is 211 Å². The van der Waals surface area contributed by atoms with Crippen molar-refractivity contribution in [2.45, 2.75) is 62.3 Å². The smallest absolute Gasteiger partial charge is 0.115 e. The maximum absolute atomic E-state index is 9.00. The Hall–Kier alpha value is -7.40. The van der Waals surface area contributed by atoms with Gasteiger partial charge in [0.15, 0.2) is 0 Å². The molecular weight excluding hydrogens is 833 g/mol. The summed E-state index contributed by atoms with van der Waals surface area (Å²) in [5, 5.41) is 89.8. The molecule has 0 aromatic heterocycles. The summed E-state index contributed by atoms with van der Waals surface area (Å²) < 4.78 is 0. The third kappa shape index (κ3) is 24.7. The zero-order valence-corrected chi connectivity index (χ0v) is 36.4. The van der Waals surface area contributed by atoms with Gasteiger partial charge in [-0.3, -0.25) is 0 Å². The first-order chi connectivity index (χ1) is 30.5. The number of nitrogens with two attached hydrogens (primary N) is 5. The van der Waals surface area contributed by atoms with Gasteiger partial charge in [0.2, 0.25) is 0 Å². The van der Waals surface area contributed by atoms with Gasteiger partial charge in [-0.2, -0.15) is 0 Å². The average Bonchev–Trinajstić information content (AvgIpc) is 3.25. The molecule has 15 heteroatoms. The summed E-state index contributed by atoms with van der Waals surface area (Å²) in [4.78, 5) is 0. The van der Waals surface area contributed by atoms with Crippen LogP contribution < -0.4 is 28.7 Å². The number of aliphatic hydroxyl groups is 5. The Morgan fingerprint density at radius 2 is 0.462 bits per heavy atom. The molecule has 5 aromatic carbocycles. The second-order valence-corrected chi connectivity index (χ2v) is 14.8. The maximum Gasteiger partial charge on any atom is 0.115 e. The number of benzene rings is 5. The highest BCUT2D eigenvalue weighted by Gasteiger charge is 2.09. The van der Waals surface area contributed by atoms with Crippen molar-refractivity contribution in [1.82, 2.24) is 0 Å². The monoisotopic (exact) mass is 897 g/mol. The quantitative estimate of drug-likeness (QED) is 0.0385. The van der Waals surface area contributed by atoms with Gasteiger partial charge in [0.25, 0.3) is 0 Å². The number of phenols is 5. The molecule has 0 radical (unpaired) electrons. The molecule has 15 nitrogen and oxygen atoms in total. The highest BCUT2D eigenvalue weighted by Crippen LogP contribution is 2.16. The molecule has 0 amide bonds. The van der Waals surface area contributed by atoms with Crippen molar-refractivity contribution >= 4 is 0 Å². The number of aliphatic hydroxyl groups excluding tert-OH is 5. The van der Waals surface area contributed by atoms with Crippen molar-refractivity contribution in [3.63, 3.8) is 0 Å². The van der Waals surface area contributed by atoms with Crippen LogP contribution in [0.2, 0.25) is 0 Å². The van der Waals surface area contributed by atoms with Crippen LogP contribution in [0.5, 0.6) is 28.7 Å². The Balaban J connectivity index is 0.000000406. The van der Waals surface area contributed by atoms with Gasteiger partial charge in [-0.1, -0.05) is 93.6 Å². The number of rotatable bonds is 15. The zero-order valence-electron chi connectivity index (χ0n) is 36.4. The molecule has 0 bridgehead atoms. The van der Waals surface area contributed by atoms with E-state index in [-0.39, 0.29) is 57.5 Å². The average molecular weight is 898 g/mol. The minimum absolute atomic E-state index is 0.0203. The topological polar surface area (TPSA) is 332 Å². The SMILES string of the molecule is C=C(O)C(N)Cc1ccc(O)cc1.C=C(O)C(N)Cc1ccc(O)cc1.C=C(O)C(N)Cc1ccc(O)cc1.C=C(O)C(N)Cc1ccc(O)cc1.C=C(O)C(N)Cc1ccc([18OH])cc1. The van der Waals surface area contributed by atoms with Crippen LogP contribution >= 0.6 is 0 Å². The van der Waals surface area contributed by atoms with E-state index in [1.165, 1.54) is 0 Å². The fourth-order valence-corrected chi connectivity index (χ4v) is 5.02. The Morgan fingerprint density at radius 1 is 0.323 bits per heavy atom. The van der Waals surface area contributed by atoms with Crippen LogP contribution in [0.25, 0.3) is 0 Å². The normalized spacial score (nSPS) is 12.4. The molecule has 65 heavy (non-hydrogen) atoms. The summed E-state index contributed by atoms with van der Waals surface area (Å²) in [5.74, 6) is 1.01. The molecule has 350 valence electrons. The number of hydrogen-bond acceptors (Lipinski definition) is 15. The van der Waals surface area contributed by atoms with Crippen LogP contribution in [0.1, 0.15) is 27.8 Å². The van der Waals surface area contributed by atoms with Crippen LogP contribution in [0, 0.1) is 0 Å². The molecule has 5 rings (SSSR count). The first-order valence-electron chi connectivity index (χ1n) is 20.0. The van der Waals surface area contributed by atoms with Crippen molar-refractivity contribution in [2.24, 2.45) is 28.7 Å². The van der Waals surface area contributed by atoms with Gasteiger partial charge < -0.3 is 79.7 Å². The molecule has 0 saturated carbocycles. The van der Waals surface area contributed by atoms with E-state index in [4.69, 9.17) is 79.7 Å². The molecule has 0 heterocycles. The van der Waals surface area contributed by atoms with Crippen molar-refractivity contribution in [2.75, 3.05) is 0 Å². The molecule has 0 aliphatic heterocycles. The highest BCUT2D eigenvalue weighted by atomic mass is 18.2. The lowest BCUT2D eigenvalue weighted by Gasteiger charge is -2.09. The van der Waals surface area contributed by atoms with Crippen molar-refractivity contribution in [3.8, 4) is 28.7 Å². The predicted octanol–water partition coefficient (Wildman–Crippen LogP) is 6.67. The summed E-state index contributed by atoms with van der Waals surface area (Å²) >= 11 is 0. The molecule has 20 N–H and O–H groups in total. The first-order valence-corrected chi connectivity index (χ1v) is 20.0. The molecule has 5 aromatic rings. The molecule has 0 saturated heterocycles. The minimum atomic E-state index is -0.440. The Morgan fingerprint density at radius 3 is 0.600 bits per heavy atom. The van der Waals surface area contributed by atoms with Crippen LogP contribution in [0.3, 0.4) is 0 Å². The van der Waals surface area contributed by atoms with E-state index in [2.05, 4.69) is 32.9 Å². The fourth-order valence-electron chi connectivity index (χ4n) is 5.02. The van der Waals surface area contributed by atoms with E-state index in [0.717, 1.165) is 27.8 Å². The Kier molecular flexibility index (Phi) is 24.9. The van der Waals surface area contributed by atoms with Gasteiger partial charge in [0.1, 0.15) is 57.5 Å². The minimum Gasteiger partial charge on any atom is -0.511 e. The van der Waals surface area contributed by atoms with Crippen LogP contribution in [0.15, 0.2) is 183 Å². The fraction of sp³-hybridized carbons (Fsp3) is 0.200. The third-order valence-electron chi connectivity index (χ3n) is 9.10. The second kappa shape index (κ2) is 29.1. The standard InChI is InChI=1S/5C10H13NO2/c5*1-7(12)10(11)6-8-2-4-9(13)5-3-8/h5*2-5,10,12-13H,1,6,11H2/i13+2;;;;. The van der Waals surface area contributed by atoms with Gasteiger partial charge in [-0.05, 0) is 121 Å². The van der Waals surface area contributed by atoms with E-state index in [9.17, 15) is 0 Å². The zero-order chi connectivity index (χ0) is 49.2. The van der Waals surface area contributed by atoms with E-state index in [1.807, 2.05) is 0 Å². The summed E-state index contributed by atoms with van der Waals surface area (Å²) in [5.41, 5.74) is 32.7. The van der Waals surface area contributed by atoms with Crippen LogP contribution in [-0.4, -0.2) is 81.3 Å². The molecule has 5 unspecified atom stereocenters. The molecule has 0 aliphatic carbocycles. The van der Waals surface area contributed by atoms with Crippen LogP contribution in [-0.2, 0) is 32.1 Å². The molecule has 0 spiro atoms. The lowest BCUT2D eigenvalue weighted by molar-refractivity contribution is 0.368. The van der Waals surface area contributed by atoms with Crippen molar-refractivity contribution < 1.29 is 51.1 Å². The molecular formula is C50H65N5O10. The molecule has 0 aliphatic rings. The predicted molar refractivity (Wildman–Crippen MR) is 258 cm³/mol. The number of aromatic hydroxyl groups is 5. The summed E-state index contributed by atoms with van der Waals surface area (Å²) in [6, 6.07) is 31.3. The largest absolute Gasteiger partial charge is 0.511 e. The van der Waals surface area contributed by atoms with E-state index >= 15 is 0 Å². The van der Waals surface area contributed by atoms with E-state index in [0.29, 0.717) is 32.1 Å². The molecule has 0 fully saturated rings. The van der Waals surface area contributed by atoms with Gasteiger partial charge in [0, 0.05) is 0 Å². The van der Waals surface area contributed by atoms with Gasteiger partial charge in [-0.15, -0.1) is 0 Å². The van der Waals surface area contributed by atoms with E-state index in [1.54, 1.807) is 121 Å². The second-order valence-electron chi connectivity index (χ2n) is 14.8. The van der Waals surface area contributed by atoms with Gasteiger partial charge >= 0.3 is 0 Å². The van der Waals surface area contributed by atoms with Crippen molar-refractivity contribution in [1.29, 1.82) is 0 Å². The van der Waals surface area contributed by atoms with Gasteiger partial charge in [0.05, 0.1) is 30.2 Å². The number of phenolic OH excluding ortho intramolecular Hbond substituents is 5. The number of hydrogen-bond donors (Lipinski definition) is 15. The summed E-state index contributed by atoms with van der Waals surface area (Å²) in [6.45, 7) is 16.7. The van der Waals surface area contributed by atoms with E-state index < -0.39 is 30.2 Å².